The van der Waals surface area contributed by atoms with E-state index < -0.39 is 0 Å². The van der Waals surface area contributed by atoms with Crippen LogP contribution in [0.25, 0.3) is 12.2 Å². The summed E-state index contributed by atoms with van der Waals surface area (Å²) in [5, 5.41) is 28.2. The van der Waals surface area contributed by atoms with Gasteiger partial charge in [-0.05, 0) is 42.0 Å². The van der Waals surface area contributed by atoms with E-state index in [0.29, 0.717) is 11.1 Å². The molecule has 0 bridgehead atoms. The molecule has 0 atom stereocenters. The zero-order valence-electron chi connectivity index (χ0n) is 11.1. The van der Waals surface area contributed by atoms with Gasteiger partial charge in [0.25, 0.3) is 0 Å². The second-order valence-electron chi connectivity index (χ2n) is 4.38. The van der Waals surface area contributed by atoms with Gasteiger partial charge in [0, 0.05) is 5.56 Å². The fourth-order valence-electron chi connectivity index (χ4n) is 1.72. The van der Waals surface area contributed by atoms with Crippen LogP contribution in [0.15, 0.2) is 54.6 Å². The first kappa shape index (κ1) is 14.4. The summed E-state index contributed by atoms with van der Waals surface area (Å²) in [5.41, 5.74) is 1.06. The molecule has 2 aromatic rings. The van der Waals surface area contributed by atoms with E-state index in [1.165, 1.54) is 30.4 Å². The summed E-state index contributed by atoms with van der Waals surface area (Å²) in [6.45, 7) is 0. The van der Waals surface area contributed by atoms with Crippen LogP contribution >= 0.6 is 0 Å². The standard InChI is InChI=1S/C17H14O4/c18-14(9-7-12-3-1-5-15(19)11-12)10-8-13-4-2-6-16(20)17(13)21/h1-11,19-21H. The number of hydrogen-bond donors (Lipinski definition) is 3. The average Bonchev–Trinajstić information content (AvgIpc) is 2.47. The highest BCUT2D eigenvalue weighted by atomic mass is 16.3. The number of hydrogen-bond acceptors (Lipinski definition) is 4. The normalized spacial score (nSPS) is 11.2. The monoisotopic (exact) mass is 282 g/mol. The summed E-state index contributed by atoms with van der Waals surface area (Å²) in [4.78, 5) is 11.7. The third-order valence-electron chi connectivity index (χ3n) is 2.78. The van der Waals surface area contributed by atoms with Gasteiger partial charge in [0.2, 0.25) is 0 Å². The van der Waals surface area contributed by atoms with Crippen LogP contribution in [0.4, 0.5) is 0 Å². The van der Waals surface area contributed by atoms with E-state index in [1.807, 2.05) is 0 Å². The van der Waals surface area contributed by atoms with E-state index in [1.54, 1.807) is 36.4 Å². The van der Waals surface area contributed by atoms with Gasteiger partial charge < -0.3 is 15.3 Å². The van der Waals surface area contributed by atoms with E-state index in [9.17, 15) is 20.1 Å². The van der Waals surface area contributed by atoms with Crippen molar-refractivity contribution in [1.82, 2.24) is 0 Å². The molecule has 3 N–H and O–H groups in total. The van der Waals surface area contributed by atoms with Gasteiger partial charge in [-0.1, -0.05) is 30.3 Å². The van der Waals surface area contributed by atoms with Crippen LogP contribution in [0.3, 0.4) is 0 Å². The molecule has 0 amide bonds. The van der Waals surface area contributed by atoms with Gasteiger partial charge in [-0.3, -0.25) is 4.79 Å². The van der Waals surface area contributed by atoms with Crippen LogP contribution < -0.4 is 0 Å². The predicted molar refractivity (Wildman–Crippen MR) is 81.0 cm³/mol. The maximum absolute atomic E-state index is 11.7. The smallest absolute Gasteiger partial charge is 0.178 e. The second kappa shape index (κ2) is 6.43. The Bertz CT molecular complexity index is 714. The Hall–Kier alpha value is -3.01. The van der Waals surface area contributed by atoms with Crippen LogP contribution in [0.5, 0.6) is 17.2 Å². The lowest BCUT2D eigenvalue weighted by molar-refractivity contribution is -0.110. The summed E-state index contributed by atoms with van der Waals surface area (Å²) in [5.74, 6) is -0.649. The molecule has 0 aliphatic rings. The van der Waals surface area contributed by atoms with Crippen molar-refractivity contribution in [3.8, 4) is 17.2 Å². The molecule has 0 heterocycles. The van der Waals surface area contributed by atoms with Crippen LogP contribution in [0.1, 0.15) is 11.1 Å². The van der Waals surface area contributed by atoms with E-state index in [2.05, 4.69) is 0 Å². The Morgan fingerprint density at radius 1 is 0.905 bits per heavy atom. The SMILES string of the molecule is O=C(C=Cc1cccc(O)c1)C=Cc1cccc(O)c1O. The Labute approximate surface area is 121 Å². The van der Waals surface area contributed by atoms with Crippen LogP contribution in [0.2, 0.25) is 0 Å². The van der Waals surface area contributed by atoms with E-state index in [0.717, 1.165) is 0 Å². The largest absolute Gasteiger partial charge is 0.508 e. The molecule has 4 nitrogen and oxygen atoms in total. The van der Waals surface area contributed by atoms with Crippen LogP contribution in [-0.4, -0.2) is 21.1 Å². The lowest BCUT2D eigenvalue weighted by Crippen LogP contribution is -1.85. The van der Waals surface area contributed by atoms with Crippen molar-refractivity contribution in [2.45, 2.75) is 0 Å². The van der Waals surface area contributed by atoms with Crippen molar-refractivity contribution in [1.29, 1.82) is 0 Å². The highest BCUT2D eigenvalue weighted by molar-refractivity contribution is 6.04. The first-order valence-electron chi connectivity index (χ1n) is 6.26. The van der Waals surface area contributed by atoms with Crippen LogP contribution in [-0.2, 0) is 4.79 Å². The highest BCUT2D eigenvalue weighted by Crippen LogP contribution is 2.28. The lowest BCUT2D eigenvalue weighted by atomic mass is 10.1. The quantitative estimate of drug-likeness (QED) is 0.595. The molecule has 0 aliphatic heterocycles. The Kier molecular flexibility index (Phi) is 4.41. The topological polar surface area (TPSA) is 77.8 Å². The lowest BCUT2D eigenvalue weighted by Gasteiger charge is -2.00. The van der Waals surface area contributed by atoms with Crippen molar-refractivity contribution in [3.05, 3.63) is 65.7 Å². The molecule has 0 fully saturated rings. The molecule has 0 spiro atoms. The molecule has 2 rings (SSSR count). The van der Waals surface area contributed by atoms with Gasteiger partial charge in [0.1, 0.15) is 5.75 Å². The molecular weight excluding hydrogens is 268 g/mol. The number of rotatable bonds is 4. The number of aromatic hydroxyl groups is 3. The number of phenols is 3. The van der Waals surface area contributed by atoms with Crippen LogP contribution in [0, 0.1) is 0 Å². The fourth-order valence-corrected chi connectivity index (χ4v) is 1.72. The number of ketones is 1. The first-order chi connectivity index (χ1) is 10.1. The summed E-state index contributed by atoms with van der Waals surface area (Å²) in [6, 6.07) is 11.0. The minimum Gasteiger partial charge on any atom is -0.508 e. The maximum Gasteiger partial charge on any atom is 0.178 e. The third kappa shape index (κ3) is 3.98. The molecular formula is C17H14O4. The molecule has 0 radical (unpaired) electrons. The molecule has 21 heavy (non-hydrogen) atoms. The number of phenolic OH excluding ortho intramolecular Hbond substituents is 3. The fraction of sp³-hybridized carbons (Fsp3) is 0. The number of carbonyl (C=O) groups excluding carboxylic acids is 1. The number of allylic oxidation sites excluding steroid dienone is 2. The molecule has 0 aromatic heterocycles. The van der Waals surface area contributed by atoms with Gasteiger partial charge in [0.05, 0.1) is 0 Å². The molecule has 106 valence electrons. The van der Waals surface area contributed by atoms with E-state index in [-0.39, 0.29) is 23.0 Å². The zero-order valence-corrected chi connectivity index (χ0v) is 11.1. The molecule has 0 saturated carbocycles. The molecule has 4 heteroatoms. The number of carbonyl (C=O) groups is 1. The summed E-state index contributed by atoms with van der Waals surface area (Å²) < 4.78 is 0. The predicted octanol–water partition coefficient (Wildman–Crippen LogP) is 3.10. The zero-order chi connectivity index (χ0) is 15.2. The maximum atomic E-state index is 11.7. The molecule has 0 unspecified atom stereocenters. The Morgan fingerprint density at radius 3 is 2.38 bits per heavy atom. The average molecular weight is 282 g/mol. The minimum atomic E-state index is -0.277. The van der Waals surface area contributed by atoms with Crippen molar-refractivity contribution in [2.75, 3.05) is 0 Å². The van der Waals surface area contributed by atoms with Crippen molar-refractivity contribution >= 4 is 17.9 Å². The Morgan fingerprint density at radius 2 is 1.62 bits per heavy atom. The highest BCUT2D eigenvalue weighted by Gasteiger charge is 2.02. The van der Waals surface area contributed by atoms with Gasteiger partial charge in [-0.15, -0.1) is 0 Å². The minimum absolute atomic E-state index is 0.129. The number of benzene rings is 2. The Balaban J connectivity index is 2.08. The summed E-state index contributed by atoms with van der Waals surface area (Å²) in [7, 11) is 0. The van der Waals surface area contributed by atoms with Gasteiger partial charge in [-0.2, -0.15) is 0 Å². The third-order valence-corrected chi connectivity index (χ3v) is 2.78. The number of para-hydroxylation sites is 1. The molecule has 2 aromatic carbocycles. The first-order valence-corrected chi connectivity index (χ1v) is 6.26. The molecule has 0 saturated heterocycles. The van der Waals surface area contributed by atoms with Gasteiger partial charge in [0.15, 0.2) is 17.3 Å². The van der Waals surface area contributed by atoms with Crippen molar-refractivity contribution in [3.63, 3.8) is 0 Å². The van der Waals surface area contributed by atoms with Gasteiger partial charge in [-0.25, -0.2) is 0 Å². The summed E-state index contributed by atoms with van der Waals surface area (Å²) >= 11 is 0. The van der Waals surface area contributed by atoms with E-state index in [4.69, 9.17) is 0 Å². The second-order valence-corrected chi connectivity index (χ2v) is 4.38. The van der Waals surface area contributed by atoms with Crippen molar-refractivity contribution in [2.24, 2.45) is 0 Å². The van der Waals surface area contributed by atoms with E-state index >= 15 is 0 Å². The molecule has 0 aliphatic carbocycles. The van der Waals surface area contributed by atoms with Gasteiger partial charge >= 0.3 is 0 Å². The van der Waals surface area contributed by atoms with Crippen molar-refractivity contribution < 1.29 is 20.1 Å². The summed E-state index contributed by atoms with van der Waals surface area (Å²) in [6.07, 6.45) is 5.64.